The SMILES string of the molecule is CC(C)c1ccc(OCc2nnc(SCC(=O)Nc3ccccc3)n2N)cc1. The van der Waals surface area contributed by atoms with Gasteiger partial charge in [-0.25, -0.2) is 4.68 Å². The van der Waals surface area contributed by atoms with Gasteiger partial charge in [-0.15, -0.1) is 10.2 Å². The third-order valence-electron chi connectivity index (χ3n) is 4.04. The number of aromatic nitrogens is 3. The monoisotopic (exact) mass is 397 g/mol. The molecule has 3 N–H and O–H groups in total. The molecule has 7 nitrogen and oxygen atoms in total. The fraction of sp³-hybridized carbons (Fsp3) is 0.250. The van der Waals surface area contributed by atoms with Gasteiger partial charge in [-0.05, 0) is 35.7 Å². The zero-order valence-corrected chi connectivity index (χ0v) is 16.6. The fourth-order valence-electron chi connectivity index (χ4n) is 2.45. The zero-order chi connectivity index (χ0) is 19.9. The summed E-state index contributed by atoms with van der Waals surface area (Å²) in [7, 11) is 0. The van der Waals surface area contributed by atoms with Crippen LogP contribution in [0.4, 0.5) is 5.69 Å². The average molecular weight is 398 g/mol. The molecule has 0 aliphatic carbocycles. The lowest BCUT2D eigenvalue weighted by Crippen LogP contribution is -2.18. The van der Waals surface area contributed by atoms with Crippen LogP contribution in [-0.4, -0.2) is 26.5 Å². The van der Waals surface area contributed by atoms with E-state index < -0.39 is 0 Å². The van der Waals surface area contributed by atoms with Crippen LogP contribution in [0.1, 0.15) is 31.2 Å². The zero-order valence-electron chi connectivity index (χ0n) is 15.8. The molecule has 1 heterocycles. The number of hydrogen-bond acceptors (Lipinski definition) is 6. The Morgan fingerprint density at radius 2 is 1.86 bits per heavy atom. The normalized spacial score (nSPS) is 10.8. The molecule has 1 amide bonds. The average Bonchev–Trinajstić information content (AvgIpc) is 3.05. The molecule has 0 radical (unpaired) electrons. The molecule has 0 aliphatic rings. The van der Waals surface area contributed by atoms with E-state index in [4.69, 9.17) is 10.6 Å². The highest BCUT2D eigenvalue weighted by molar-refractivity contribution is 7.99. The van der Waals surface area contributed by atoms with Crippen molar-refractivity contribution in [1.82, 2.24) is 14.9 Å². The van der Waals surface area contributed by atoms with Gasteiger partial charge >= 0.3 is 0 Å². The molecular weight excluding hydrogens is 374 g/mol. The van der Waals surface area contributed by atoms with Gasteiger partial charge in [0.05, 0.1) is 5.75 Å². The van der Waals surface area contributed by atoms with Crippen LogP contribution >= 0.6 is 11.8 Å². The summed E-state index contributed by atoms with van der Waals surface area (Å²) in [6.07, 6.45) is 0. The predicted octanol–water partition coefficient (Wildman–Crippen LogP) is 3.43. The number of para-hydroxylation sites is 1. The van der Waals surface area contributed by atoms with Crippen LogP contribution in [0.2, 0.25) is 0 Å². The summed E-state index contributed by atoms with van der Waals surface area (Å²) in [5, 5.41) is 11.4. The molecule has 28 heavy (non-hydrogen) atoms. The molecule has 146 valence electrons. The number of anilines is 1. The second kappa shape index (κ2) is 9.27. The smallest absolute Gasteiger partial charge is 0.234 e. The topological polar surface area (TPSA) is 95.1 Å². The molecule has 0 spiro atoms. The first-order chi connectivity index (χ1) is 13.5. The van der Waals surface area contributed by atoms with Crippen molar-refractivity contribution in [1.29, 1.82) is 0 Å². The van der Waals surface area contributed by atoms with Crippen LogP contribution in [0.3, 0.4) is 0 Å². The van der Waals surface area contributed by atoms with E-state index in [1.165, 1.54) is 22.0 Å². The van der Waals surface area contributed by atoms with Gasteiger partial charge in [0.1, 0.15) is 12.4 Å². The van der Waals surface area contributed by atoms with E-state index in [1.54, 1.807) is 0 Å². The number of nitrogen functional groups attached to an aromatic ring is 1. The van der Waals surface area contributed by atoms with Crippen molar-refractivity contribution in [3.8, 4) is 5.75 Å². The van der Waals surface area contributed by atoms with E-state index >= 15 is 0 Å². The van der Waals surface area contributed by atoms with Crippen molar-refractivity contribution in [2.45, 2.75) is 31.5 Å². The van der Waals surface area contributed by atoms with Crippen molar-refractivity contribution >= 4 is 23.4 Å². The van der Waals surface area contributed by atoms with E-state index in [0.717, 1.165) is 11.4 Å². The van der Waals surface area contributed by atoms with E-state index in [-0.39, 0.29) is 18.3 Å². The first-order valence-electron chi connectivity index (χ1n) is 8.92. The van der Waals surface area contributed by atoms with Gasteiger partial charge in [0.25, 0.3) is 0 Å². The standard InChI is InChI=1S/C20H23N5O2S/c1-14(2)15-8-10-17(11-9-15)27-12-18-23-24-20(25(18)21)28-13-19(26)22-16-6-4-3-5-7-16/h3-11,14H,12-13,21H2,1-2H3,(H,22,26). The summed E-state index contributed by atoms with van der Waals surface area (Å²) in [4.78, 5) is 12.0. The first kappa shape index (κ1) is 19.8. The quantitative estimate of drug-likeness (QED) is 0.447. The minimum absolute atomic E-state index is 0.137. The highest BCUT2D eigenvalue weighted by atomic mass is 32.2. The number of benzene rings is 2. The van der Waals surface area contributed by atoms with Crippen molar-refractivity contribution in [2.75, 3.05) is 16.9 Å². The highest BCUT2D eigenvalue weighted by Gasteiger charge is 2.13. The van der Waals surface area contributed by atoms with Crippen molar-refractivity contribution in [2.24, 2.45) is 0 Å². The van der Waals surface area contributed by atoms with Gasteiger partial charge < -0.3 is 15.9 Å². The van der Waals surface area contributed by atoms with Gasteiger partial charge in [0.2, 0.25) is 11.1 Å². The lowest BCUT2D eigenvalue weighted by molar-refractivity contribution is -0.113. The number of ether oxygens (including phenoxy) is 1. The second-order valence-electron chi connectivity index (χ2n) is 6.48. The number of nitrogens with zero attached hydrogens (tertiary/aromatic N) is 3. The van der Waals surface area contributed by atoms with Crippen LogP contribution in [0.5, 0.6) is 5.75 Å². The first-order valence-corrected chi connectivity index (χ1v) is 9.91. The number of hydrogen-bond donors (Lipinski definition) is 2. The Labute approximate surface area is 168 Å². The molecule has 0 atom stereocenters. The van der Waals surface area contributed by atoms with Gasteiger partial charge in [-0.1, -0.05) is 55.9 Å². The molecule has 0 unspecified atom stereocenters. The maximum atomic E-state index is 12.0. The summed E-state index contributed by atoms with van der Waals surface area (Å²) >= 11 is 1.22. The van der Waals surface area contributed by atoms with Gasteiger partial charge in [-0.3, -0.25) is 4.79 Å². The molecule has 0 aliphatic heterocycles. The summed E-state index contributed by atoms with van der Waals surface area (Å²) in [5.74, 6) is 7.77. The summed E-state index contributed by atoms with van der Waals surface area (Å²) in [5.41, 5.74) is 2.00. The third kappa shape index (κ3) is 5.26. The minimum atomic E-state index is -0.137. The fourth-order valence-corrected chi connectivity index (χ4v) is 3.12. The van der Waals surface area contributed by atoms with Crippen LogP contribution in [0.25, 0.3) is 0 Å². The van der Waals surface area contributed by atoms with E-state index in [0.29, 0.717) is 16.9 Å². The molecule has 0 fully saturated rings. The number of nitrogens with two attached hydrogens (primary N) is 1. The van der Waals surface area contributed by atoms with Crippen molar-refractivity contribution in [3.05, 3.63) is 66.0 Å². The lowest BCUT2D eigenvalue weighted by Gasteiger charge is -2.09. The Hall–Kier alpha value is -3.00. The highest BCUT2D eigenvalue weighted by Crippen LogP contribution is 2.20. The maximum Gasteiger partial charge on any atom is 0.234 e. The Kier molecular flexibility index (Phi) is 6.54. The van der Waals surface area contributed by atoms with Crippen LogP contribution < -0.4 is 15.9 Å². The van der Waals surface area contributed by atoms with E-state index in [2.05, 4.69) is 29.4 Å². The van der Waals surface area contributed by atoms with E-state index in [1.807, 2.05) is 54.6 Å². The molecule has 0 saturated carbocycles. The third-order valence-corrected chi connectivity index (χ3v) is 4.98. The largest absolute Gasteiger partial charge is 0.486 e. The Balaban J connectivity index is 1.51. The summed E-state index contributed by atoms with van der Waals surface area (Å²) in [6, 6.07) is 17.2. The molecule has 0 saturated heterocycles. The minimum Gasteiger partial charge on any atom is -0.486 e. The molecule has 1 aromatic heterocycles. The van der Waals surface area contributed by atoms with Gasteiger partial charge in [-0.2, -0.15) is 0 Å². The Morgan fingerprint density at radius 1 is 1.14 bits per heavy atom. The van der Waals surface area contributed by atoms with Crippen LogP contribution in [0, 0.1) is 0 Å². The number of amides is 1. The molecule has 2 aromatic carbocycles. The predicted molar refractivity (Wildman–Crippen MR) is 111 cm³/mol. The lowest BCUT2D eigenvalue weighted by atomic mass is 10.0. The van der Waals surface area contributed by atoms with Gasteiger partial charge in [0, 0.05) is 5.69 Å². The molecule has 3 rings (SSSR count). The number of thioether (sulfide) groups is 1. The molecule has 8 heteroatoms. The number of carbonyl (C=O) groups excluding carboxylic acids is 1. The second-order valence-corrected chi connectivity index (χ2v) is 7.43. The van der Waals surface area contributed by atoms with E-state index in [9.17, 15) is 4.79 Å². The molecule has 0 bridgehead atoms. The number of rotatable bonds is 8. The Morgan fingerprint density at radius 3 is 2.54 bits per heavy atom. The van der Waals surface area contributed by atoms with Gasteiger partial charge in [0.15, 0.2) is 5.82 Å². The number of carbonyl (C=O) groups is 1. The molecule has 3 aromatic rings. The Bertz CT molecular complexity index is 910. The van der Waals surface area contributed by atoms with Crippen LogP contribution in [-0.2, 0) is 11.4 Å². The summed E-state index contributed by atoms with van der Waals surface area (Å²) < 4.78 is 7.08. The summed E-state index contributed by atoms with van der Waals surface area (Å²) in [6.45, 7) is 4.49. The maximum absolute atomic E-state index is 12.0. The molecular formula is C20H23N5O2S. The van der Waals surface area contributed by atoms with Crippen molar-refractivity contribution < 1.29 is 9.53 Å². The number of nitrogens with one attached hydrogen (secondary N) is 1. The van der Waals surface area contributed by atoms with Crippen molar-refractivity contribution in [3.63, 3.8) is 0 Å². The van der Waals surface area contributed by atoms with Crippen LogP contribution in [0.15, 0.2) is 59.8 Å².